The van der Waals surface area contributed by atoms with E-state index in [0.29, 0.717) is 11.4 Å². The maximum absolute atomic E-state index is 12.0. The van der Waals surface area contributed by atoms with E-state index in [4.69, 9.17) is 0 Å². The molecule has 0 radical (unpaired) electrons. The summed E-state index contributed by atoms with van der Waals surface area (Å²) in [7, 11) is 0. The third-order valence-corrected chi connectivity index (χ3v) is 3.38. The fourth-order valence-corrected chi connectivity index (χ4v) is 2.10. The summed E-state index contributed by atoms with van der Waals surface area (Å²) in [5, 5.41) is 5.51. The molecule has 0 aliphatic carbocycles. The molecule has 0 unspecified atom stereocenters. The van der Waals surface area contributed by atoms with Crippen LogP contribution < -0.4 is 15.4 Å². The summed E-state index contributed by atoms with van der Waals surface area (Å²) in [6, 6.07) is 12.3. The van der Waals surface area contributed by atoms with E-state index < -0.39 is 6.36 Å². The van der Waals surface area contributed by atoms with Crippen LogP contribution in [0.1, 0.15) is 0 Å². The zero-order valence-electron chi connectivity index (χ0n) is 11.7. The highest BCUT2D eigenvalue weighted by Gasteiger charge is 2.30. The molecule has 0 aromatic heterocycles. The van der Waals surface area contributed by atoms with Crippen LogP contribution in [0.15, 0.2) is 53.0 Å². The fourth-order valence-electron chi connectivity index (χ4n) is 1.71. The molecule has 122 valence electrons. The van der Waals surface area contributed by atoms with Crippen LogP contribution in [0.3, 0.4) is 0 Å². The summed E-state index contributed by atoms with van der Waals surface area (Å²) in [6.45, 7) is -0.0270. The van der Waals surface area contributed by atoms with E-state index in [9.17, 15) is 18.0 Å². The van der Waals surface area contributed by atoms with Crippen LogP contribution in [0.4, 0.5) is 24.5 Å². The third kappa shape index (κ3) is 5.82. The topological polar surface area (TPSA) is 50.4 Å². The van der Waals surface area contributed by atoms with Gasteiger partial charge in [0, 0.05) is 10.2 Å². The fraction of sp³-hybridized carbons (Fsp3) is 0.133. The molecule has 2 aromatic rings. The number of carbonyl (C=O) groups is 1. The Balaban J connectivity index is 1.86. The minimum Gasteiger partial charge on any atom is -0.406 e. The van der Waals surface area contributed by atoms with Crippen molar-refractivity contribution in [2.45, 2.75) is 6.36 Å². The van der Waals surface area contributed by atoms with Crippen molar-refractivity contribution in [3.63, 3.8) is 0 Å². The van der Waals surface area contributed by atoms with Gasteiger partial charge in [-0.25, -0.2) is 0 Å². The van der Waals surface area contributed by atoms with E-state index in [1.807, 2.05) is 6.07 Å². The number of rotatable bonds is 5. The standard InChI is InChI=1S/C15H12BrF3N2O2/c16-12-3-1-2-4-13(12)21-14(22)9-20-10-5-7-11(8-6-10)23-15(17,18)19/h1-8,20H,9H2,(H,21,22). The summed E-state index contributed by atoms with van der Waals surface area (Å²) >= 11 is 3.31. The smallest absolute Gasteiger partial charge is 0.406 e. The quantitative estimate of drug-likeness (QED) is 0.797. The first-order valence-corrected chi connectivity index (χ1v) is 7.27. The van der Waals surface area contributed by atoms with E-state index in [2.05, 4.69) is 31.3 Å². The second kappa shape index (κ2) is 7.36. The van der Waals surface area contributed by atoms with Crippen LogP contribution in [0.5, 0.6) is 5.75 Å². The monoisotopic (exact) mass is 388 g/mol. The van der Waals surface area contributed by atoms with Gasteiger partial charge in [-0.3, -0.25) is 4.79 Å². The minimum atomic E-state index is -4.72. The zero-order chi connectivity index (χ0) is 16.9. The number of amides is 1. The molecule has 0 saturated carbocycles. The van der Waals surface area contributed by atoms with Gasteiger partial charge >= 0.3 is 6.36 Å². The molecule has 0 spiro atoms. The van der Waals surface area contributed by atoms with Crippen molar-refractivity contribution < 1.29 is 22.7 Å². The van der Waals surface area contributed by atoms with Crippen LogP contribution in [-0.2, 0) is 4.79 Å². The van der Waals surface area contributed by atoms with Crippen molar-refractivity contribution in [3.05, 3.63) is 53.0 Å². The van der Waals surface area contributed by atoms with E-state index in [1.54, 1.807) is 18.2 Å². The molecule has 0 saturated heterocycles. The van der Waals surface area contributed by atoms with Crippen molar-refractivity contribution in [1.29, 1.82) is 0 Å². The molecule has 0 atom stereocenters. The lowest BCUT2D eigenvalue weighted by atomic mass is 10.3. The number of hydrogen-bond acceptors (Lipinski definition) is 3. The molecule has 0 fully saturated rings. The number of ether oxygens (including phenoxy) is 1. The Hall–Kier alpha value is -2.22. The Morgan fingerprint density at radius 3 is 2.35 bits per heavy atom. The predicted octanol–water partition coefficient (Wildman–Crippen LogP) is 4.40. The molecule has 23 heavy (non-hydrogen) atoms. The average Bonchev–Trinajstić information content (AvgIpc) is 2.47. The second-order valence-electron chi connectivity index (χ2n) is 4.45. The van der Waals surface area contributed by atoms with Crippen molar-refractivity contribution in [2.24, 2.45) is 0 Å². The third-order valence-electron chi connectivity index (χ3n) is 2.69. The number of para-hydroxylation sites is 1. The number of carbonyl (C=O) groups excluding carboxylic acids is 1. The van der Waals surface area contributed by atoms with Crippen molar-refractivity contribution in [1.82, 2.24) is 0 Å². The van der Waals surface area contributed by atoms with Crippen molar-refractivity contribution in [2.75, 3.05) is 17.2 Å². The Morgan fingerprint density at radius 1 is 1.09 bits per heavy atom. The summed E-state index contributed by atoms with van der Waals surface area (Å²) < 4.78 is 40.6. The van der Waals surface area contributed by atoms with Crippen molar-refractivity contribution in [3.8, 4) is 5.75 Å². The molecule has 0 aliphatic heterocycles. The molecular weight excluding hydrogens is 377 g/mol. The Labute approximate surface area is 138 Å². The molecule has 0 aliphatic rings. The normalized spacial score (nSPS) is 11.0. The van der Waals surface area contributed by atoms with Crippen LogP contribution >= 0.6 is 15.9 Å². The number of hydrogen-bond donors (Lipinski definition) is 2. The van der Waals surface area contributed by atoms with Gasteiger partial charge in [-0.05, 0) is 52.3 Å². The van der Waals surface area contributed by atoms with Crippen LogP contribution in [0.25, 0.3) is 0 Å². The highest BCUT2D eigenvalue weighted by molar-refractivity contribution is 9.10. The van der Waals surface area contributed by atoms with E-state index >= 15 is 0 Å². The van der Waals surface area contributed by atoms with Gasteiger partial charge in [0.15, 0.2) is 0 Å². The van der Waals surface area contributed by atoms with Crippen LogP contribution in [0, 0.1) is 0 Å². The van der Waals surface area contributed by atoms with Gasteiger partial charge in [-0.15, -0.1) is 13.2 Å². The number of alkyl halides is 3. The van der Waals surface area contributed by atoms with E-state index in [0.717, 1.165) is 4.47 Å². The molecule has 8 heteroatoms. The second-order valence-corrected chi connectivity index (χ2v) is 5.31. The highest BCUT2D eigenvalue weighted by Crippen LogP contribution is 2.24. The van der Waals surface area contributed by atoms with Gasteiger partial charge in [0.2, 0.25) is 5.91 Å². The first kappa shape index (κ1) is 17.1. The lowest BCUT2D eigenvalue weighted by molar-refractivity contribution is -0.274. The van der Waals surface area contributed by atoms with E-state index in [-0.39, 0.29) is 18.2 Å². The maximum Gasteiger partial charge on any atom is 0.573 e. The molecule has 2 aromatic carbocycles. The minimum absolute atomic E-state index is 0.0270. The Kier molecular flexibility index (Phi) is 5.49. The maximum atomic E-state index is 12.0. The van der Waals surface area contributed by atoms with Crippen molar-refractivity contribution >= 4 is 33.2 Å². The SMILES string of the molecule is O=C(CNc1ccc(OC(F)(F)F)cc1)Nc1ccccc1Br. The molecule has 0 heterocycles. The number of halogens is 4. The average molecular weight is 389 g/mol. The Morgan fingerprint density at radius 2 is 1.74 bits per heavy atom. The molecule has 1 amide bonds. The number of anilines is 2. The lowest BCUT2D eigenvalue weighted by Crippen LogP contribution is -2.22. The summed E-state index contributed by atoms with van der Waals surface area (Å²) in [5.41, 5.74) is 1.13. The van der Waals surface area contributed by atoms with Crippen LogP contribution in [-0.4, -0.2) is 18.8 Å². The Bertz CT molecular complexity index is 675. The molecular formula is C15H12BrF3N2O2. The predicted molar refractivity (Wildman–Crippen MR) is 84.4 cm³/mol. The molecule has 2 rings (SSSR count). The van der Waals surface area contributed by atoms with Gasteiger partial charge in [-0.1, -0.05) is 12.1 Å². The first-order valence-electron chi connectivity index (χ1n) is 6.47. The van der Waals surface area contributed by atoms with Gasteiger partial charge in [0.25, 0.3) is 0 Å². The highest BCUT2D eigenvalue weighted by atomic mass is 79.9. The van der Waals surface area contributed by atoms with Gasteiger partial charge in [0.1, 0.15) is 5.75 Å². The summed E-state index contributed by atoms with van der Waals surface area (Å²) in [5.74, 6) is -0.603. The molecule has 2 N–H and O–H groups in total. The first-order chi connectivity index (χ1) is 10.8. The molecule has 0 bridgehead atoms. The lowest BCUT2D eigenvalue weighted by Gasteiger charge is -2.11. The van der Waals surface area contributed by atoms with E-state index in [1.165, 1.54) is 24.3 Å². The van der Waals surface area contributed by atoms with Crippen LogP contribution in [0.2, 0.25) is 0 Å². The summed E-state index contributed by atoms with van der Waals surface area (Å²) in [6.07, 6.45) is -4.72. The zero-order valence-corrected chi connectivity index (χ0v) is 13.2. The molecule has 4 nitrogen and oxygen atoms in total. The number of nitrogens with one attached hydrogen (secondary N) is 2. The van der Waals surface area contributed by atoms with Gasteiger partial charge < -0.3 is 15.4 Å². The summed E-state index contributed by atoms with van der Waals surface area (Å²) in [4.78, 5) is 11.8. The van der Waals surface area contributed by atoms with Gasteiger partial charge in [-0.2, -0.15) is 0 Å². The number of benzene rings is 2. The van der Waals surface area contributed by atoms with Gasteiger partial charge in [0.05, 0.1) is 12.2 Å². The largest absolute Gasteiger partial charge is 0.573 e.